The lowest BCUT2D eigenvalue weighted by Gasteiger charge is -2.25. The Hall–Kier alpha value is -1.39. The highest BCUT2D eigenvalue weighted by molar-refractivity contribution is 6.31. The molecule has 1 aromatic carbocycles. The molecule has 4 nitrogen and oxygen atoms in total. The molecule has 3 rings (SSSR count). The third-order valence-corrected chi connectivity index (χ3v) is 3.94. The van der Waals surface area contributed by atoms with E-state index in [0.717, 1.165) is 49.3 Å². The van der Waals surface area contributed by atoms with Crippen LogP contribution in [0.15, 0.2) is 24.5 Å². The van der Waals surface area contributed by atoms with Crippen molar-refractivity contribution in [2.75, 3.05) is 24.6 Å². The molecule has 2 aromatic rings. The van der Waals surface area contributed by atoms with E-state index in [2.05, 4.69) is 21.8 Å². The monoisotopic (exact) mass is 291 g/mol. The molecule has 1 aliphatic heterocycles. The molecule has 0 N–H and O–H groups in total. The molecule has 0 bridgehead atoms. The van der Waals surface area contributed by atoms with E-state index < -0.39 is 0 Å². The minimum atomic E-state index is 0.312. The average molecular weight is 292 g/mol. The van der Waals surface area contributed by atoms with Crippen LogP contribution in [0.5, 0.6) is 0 Å². The summed E-state index contributed by atoms with van der Waals surface area (Å²) < 4.78 is 5.73. The van der Waals surface area contributed by atoms with Crippen molar-refractivity contribution in [2.45, 2.75) is 25.9 Å². The van der Waals surface area contributed by atoms with E-state index in [0.29, 0.717) is 11.1 Å². The van der Waals surface area contributed by atoms with Crippen molar-refractivity contribution in [3.63, 3.8) is 0 Å². The van der Waals surface area contributed by atoms with Gasteiger partial charge in [-0.05, 0) is 38.0 Å². The van der Waals surface area contributed by atoms with Crippen molar-refractivity contribution in [3.05, 3.63) is 29.5 Å². The fraction of sp³-hybridized carbons (Fsp3) is 0.467. The number of likely N-dealkylation sites (N-methyl/N-ethyl adjacent to an activating group) is 1. The van der Waals surface area contributed by atoms with Crippen LogP contribution < -0.4 is 4.90 Å². The van der Waals surface area contributed by atoms with Crippen molar-refractivity contribution in [2.24, 2.45) is 0 Å². The van der Waals surface area contributed by atoms with Gasteiger partial charge in [-0.1, -0.05) is 11.6 Å². The van der Waals surface area contributed by atoms with Crippen molar-refractivity contribution in [3.8, 4) is 0 Å². The zero-order valence-electron chi connectivity index (χ0n) is 11.6. The molecule has 2 heterocycles. The van der Waals surface area contributed by atoms with Gasteiger partial charge in [-0.3, -0.25) is 0 Å². The van der Waals surface area contributed by atoms with Crippen LogP contribution in [0.3, 0.4) is 0 Å². The summed E-state index contributed by atoms with van der Waals surface area (Å²) in [5.74, 6) is 0.963. The maximum atomic E-state index is 6.03. The molecule has 0 saturated carbocycles. The molecule has 1 atom stereocenters. The minimum Gasteiger partial charge on any atom is -0.376 e. The lowest BCUT2D eigenvalue weighted by molar-refractivity contribution is 0.115. The largest absolute Gasteiger partial charge is 0.376 e. The molecule has 0 spiro atoms. The van der Waals surface area contributed by atoms with Crippen LogP contribution in [0.2, 0.25) is 5.02 Å². The second kappa shape index (κ2) is 5.94. The molecule has 1 aromatic heterocycles. The van der Waals surface area contributed by atoms with Gasteiger partial charge in [0.1, 0.15) is 12.1 Å². The zero-order chi connectivity index (χ0) is 13.9. The van der Waals surface area contributed by atoms with E-state index in [1.54, 1.807) is 6.33 Å². The average Bonchev–Trinajstić information content (AvgIpc) is 2.97. The van der Waals surface area contributed by atoms with Gasteiger partial charge in [0, 0.05) is 30.1 Å². The number of nitrogens with zero attached hydrogens (tertiary/aromatic N) is 3. The molecular weight excluding hydrogens is 274 g/mol. The van der Waals surface area contributed by atoms with Crippen LogP contribution in [0, 0.1) is 0 Å². The van der Waals surface area contributed by atoms with Crippen LogP contribution in [-0.2, 0) is 4.74 Å². The second-order valence-corrected chi connectivity index (χ2v) is 5.47. The molecule has 1 saturated heterocycles. The summed E-state index contributed by atoms with van der Waals surface area (Å²) in [7, 11) is 0. The molecular formula is C15H18ClN3O. The van der Waals surface area contributed by atoms with Crippen molar-refractivity contribution < 1.29 is 4.74 Å². The van der Waals surface area contributed by atoms with Crippen LogP contribution >= 0.6 is 11.6 Å². The highest BCUT2D eigenvalue weighted by Crippen LogP contribution is 2.26. The highest BCUT2D eigenvalue weighted by Gasteiger charge is 2.20. The first-order chi connectivity index (χ1) is 9.78. The Morgan fingerprint density at radius 3 is 3.05 bits per heavy atom. The fourth-order valence-corrected chi connectivity index (χ4v) is 2.83. The molecule has 1 fully saturated rings. The van der Waals surface area contributed by atoms with E-state index in [4.69, 9.17) is 16.3 Å². The van der Waals surface area contributed by atoms with Crippen LogP contribution in [0.1, 0.15) is 19.8 Å². The Morgan fingerprint density at radius 2 is 2.30 bits per heavy atom. The summed E-state index contributed by atoms with van der Waals surface area (Å²) in [6.07, 6.45) is 4.20. The third kappa shape index (κ3) is 2.72. The number of hydrogen-bond donors (Lipinski definition) is 0. The predicted octanol–water partition coefficient (Wildman–Crippen LogP) is 3.29. The second-order valence-electron chi connectivity index (χ2n) is 5.03. The van der Waals surface area contributed by atoms with Crippen molar-refractivity contribution >= 4 is 28.3 Å². The van der Waals surface area contributed by atoms with Gasteiger partial charge in [0.15, 0.2) is 0 Å². The first kappa shape index (κ1) is 13.6. The number of aromatic nitrogens is 2. The molecule has 5 heteroatoms. The van der Waals surface area contributed by atoms with Crippen LogP contribution in [0.25, 0.3) is 10.9 Å². The predicted molar refractivity (Wildman–Crippen MR) is 81.4 cm³/mol. The number of anilines is 1. The third-order valence-electron chi connectivity index (χ3n) is 3.71. The highest BCUT2D eigenvalue weighted by atomic mass is 35.5. The first-order valence-electron chi connectivity index (χ1n) is 7.04. The quantitative estimate of drug-likeness (QED) is 0.866. The maximum Gasteiger partial charge on any atom is 0.139 e. The molecule has 1 aliphatic rings. The summed E-state index contributed by atoms with van der Waals surface area (Å²) >= 11 is 6.03. The molecule has 106 valence electrons. The van der Waals surface area contributed by atoms with Crippen molar-refractivity contribution in [1.29, 1.82) is 0 Å². The van der Waals surface area contributed by atoms with Gasteiger partial charge in [-0.25, -0.2) is 9.97 Å². The van der Waals surface area contributed by atoms with E-state index in [1.807, 2.05) is 18.2 Å². The minimum absolute atomic E-state index is 0.312. The van der Waals surface area contributed by atoms with Gasteiger partial charge in [0.25, 0.3) is 0 Å². The summed E-state index contributed by atoms with van der Waals surface area (Å²) in [6.45, 7) is 4.79. The Morgan fingerprint density at radius 1 is 1.40 bits per heavy atom. The van der Waals surface area contributed by atoms with Gasteiger partial charge in [-0.15, -0.1) is 0 Å². The van der Waals surface area contributed by atoms with Gasteiger partial charge in [0.2, 0.25) is 0 Å². The number of hydrogen-bond acceptors (Lipinski definition) is 4. The Balaban J connectivity index is 1.94. The summed E-state index contributed by atoms with van der Waals surface area (Å²) in [5, 5.41) is 1.74. The Kier molecular flexibility index (Phi) is 4.03. The van der Waals surface area contributed by atoms with Crippen LogP contribution in [0.4, 0.5) is 5.82 Å². The maximum absolute atomic E-state index is 6.03. The lowest BCUT2D eigenvalue weighted by Crippen LogP contribution is -2.32. The summed E-state index contributed by atoms with van der Waals surface area (Å²) in [4.78, 5) is 11.0. The number of rotatable bonds is 4. The van der Waals surface area contributed by atoms with E-state index in [9.17, 15) is 0 Å². The van der Waals surface area contributed by atoms with Gasteiger partial charge in [0.05, 0.1) is 11.6 Å². The number of halogens is 1. The fourth-order valence-electron chi connectivity index (χ4n) is 2.67. The molecule has 1 unspecified atom stereocenters. The number of benzene rings is 1. The van der Waals surface area contributed by atoms with E-state index in [1.165, 1.54) is 0 Å². The molecule has 0 aliphatic carbocycles. The topological polar surface area (TPSA) is 38.2 Å². The normalized spacial score (nSPS) is 18.6. The summed E-state index contributed by atoms with van der Waals surface area (Å²) in [5.41, 5.74) is 0.883. The van der Waals surface area contributed by atoms with Crippen LogP contribution in [-0.4, -0.2) is 35.8 Å². The Labute approximate surface area is 123 Å². The smallest absolute Gasteiger partial charge is 0.139 e. The van der Waals surface area contributed by atoms with Crippen molar-refractivity contribution in [1.82, 2.24) is 9.97 Å². The van der Waals surface area contributed by atoms with E-state index in [-0.39, 0.29) is 0 Å². The first-order valence-corrected chi connectivity index (χ1v) is 7.42. The molecule has 0 radical (unpaired) electrons. The van der Waals surface area contributed by atoms with E-state index >= 15 is 0 Å². The number of ether oxygens (including phenoxy) is 1. The molecule has 20 heavy (non-hydrogen) atoms. The number of fused-ring (bicyclic) bond motifs is 1. The Bertz CT molecular complexity index is 599. The molecule has 0 amide bonds. The van der Waals surface area contributed by atoms with Gasteiger partial charge < -0.3 is 9.64 Å². The standard InChI is InChI=1S/C15H18ClN3O/c1-2-19(9-12-4-3-7-20-12)15-13-6-5-11(16)8-14(13)17-10-18-15/h5-6,8,10,12H,2-4,7,9H2,1H3. The zero-order valence-corrected chi connectivity index (χ0v) is 12.3. The lowest BCUT2D eigenvalue weighted by atomic mass is 10.2. The SMILES string of the molecule is CCN(CC1CCCO1)c1ncnc2cc(Cl)ccc12. The summed E-state index contributed by atoms with van der Waals surface area (Å²) in [6, 6.07) is 5.75. The van der Waals surface area contributed by atoms with Gasteiger partial charge >= 0.3 is 0 Å². The van der Waals surface area contributed by atoms with Gasteiger partial charge in [-0.2, -0.15) is 0 Å².